The second-order valence-electron chi connectivity index (χ2n) is 7.76. The van der Waals surface area contributed by atoms with Gasteiger partial charge in [-0.15, -0.1) is 11.8 Å². The molecule has 0 amide bonds. The molecule has 31 heavy (non-hydrogen) atoms. The normalized spacial score (nSPS) is 17.1. The van der Waals surface area contributed by atoms with Crippen LogP contribution in [0.15, 0.2) is 53.5 Å². The SMILES string of the molecule is C=NC(C)(CCSCN)c1cccc(C(Nc2ccccc2N2CCOCC2)OC)c1. The number of benzene rings is 2. The Hall–Kier alpha value is -2.06. The molecule has 6 nitrogen and oxygen atoms in total. The first-order chi connectivity index (χ1) is 15.1. The fraction of sp³-hybridized carbons (Fsp3) is 0.458. The van der Waals surface area contributed by atoms with Gasteiger partial charge in [0.1, 0.15) is 0 Å². The molecule has 1 aliphatic rings. The molecule has 2 aromatic carbocycles. The molecule has 0 aliphatic carbocycles. The number of ether oxygens (including phenoxy) is 2. The summed E-state index contributed by atoms with van der Waals surface area (Å²) in [6.07, 6.45) is 0.599. The zero-order valence-electron chi connectivity index (χ0n) is 18.5. The molecule has 0 aromatic heterocycles. The van der Waals surface area contributed by atoms with Crippen LogP contribution in [0.2, 0.25) is 0 Å². The van der Waals surface area contributed by atoms with E-state index in [1.165, 1.54) is 5.69 Å². The standard InChI is InChI=1S/C24H34N4O2S/c1-24(26-2,11-16-31-18-25)20-8-6-7-19(17-20)23(29-3)27-21-9-4-5-10-22(21)28-12-14-30-15-13-28/h4-10,17,23,27H,2,11-16,18,25H2,1,3H3. The second-order valence-corrected chi connectivity index (χ2v) is 8.91. The molecule has 7 heteroatoms. The van der Waals surface area contributed by atoms with Gasteiger partial charge in [-0.25, -0.2) is 0 Å². The van der Waals surface area contributed by atoms with Crippen molar-refractivity contribution in [3.63, 3.8) is 0 Å². The first-order valence-electron chi connectivity index (χ1n) is 10.7. The molecule has 1 aliphatic heterocycles. The molecule has 1 heterocycles. The van der Waals surface area contributed by atoms with E-state index in [-0.39, 0.29) is 11.8 Å². The Labute approximate surface area is 190 Å². The van der Waals surface area contributed by atoms with Crippen molar-refractivity contribution in [2.45, 2.75) is 25.1 Å². The van der Waals surface area contributed by atoms with Crippen LogP contribution in [0, 0.1) is 0 Å². The minimum atomic E-state index is -0.359. The number of aliphatic imine (C=N–C) groups is 1. The number of anilines is 2. The molecule has 0 radical (unpaired) electrons. The predicted octanol–water partition coefficient (Wildman–Crippen LogP) is 4.24. The van der Waals surface area contributed by atoms with E-state index in [1.807, 2.05) is 6.07 Å². The lowest BCUT2D eigenvalue weighted by molar-refractivity contribution is 0.122. The zero-order valence-corrected chi connectivity index (χ0v) is 19.4. The molecule has 1 fully saturated rings. The maximum absolute atomic E-state index is 5.86. The monoisotopic (exact) mass is 442 g/mol. The number of thioether (sulfide) groups is 1. The number of hydrogen-bond donors (Lipinski definition) is 2. The van der Waals surface area contributed by atoms with Gasteiger partial charge in [-0.1, -0.05) is 30.3 Å². The van der Waals surface area contributed by atoms with Crippen molar-refractivity contribution in [1.82, 2.24) is 0 Å². The number of rotatable bonds is 11. The first kappa shape index (κ1) is 23.6. The zero-order chi connectivity index (χ0) is 22.1. The summed E-state index contributed by atoms with van der Waals surface area (Å²) >= 11 is 1.72. The summed E-state index contributed by atoms with van der Waals surface area (Å²) in [4.78, 5) is 6.81. The van der Waals surface area contributed by atoms with Gasteiger partial charge in [0.15, 0.2) is 6.23 Å². The number of nitrogens with one attached hydrogen (secondary N) is 1. The fourth-order valence-corrected chi connectivity index (χ4v) is 4.51. The summed E-state index contributed by atoms with van der Waals surface area (Å²) in [5, 5.41) is 3.59. The number of nitrogens with zero attached hydrogens (tertiary/aromatic N) is 2. The van der Waals surface area contributed by atoms with Gasteiger partial charge in [-0.2, -0.15) is 0 Å². The van der Waals surface area contributed by atoms with E-state index < -0.39 is 0 Å². The maximum atomic E-state index is 5.86. The molecule has 2 unspecified atom stereocenters. The molecule has 2 atom stereocenters. The van der Waals surface area contributed by atoms with E-state index >= 15 is 0 Å². The van der Waals surface area contributed by atoms with Crippen LogP contribution < -0.4 is 16.0 Å². The van der Waals surface area contributed by atoms with Gasteiger partial charge in [-0.05, 0) is 49.6 Å². The Balaban J connectivity index is 1.82. The Morgan fingerprint density at radius 2 is 2.03 bits per heavy atom. The molecular weight excluding hydrogens is 408 g/mol. The highest BCUT2D eigenvalue weighted by molar-refractivity contribution is 7.99. The van der Waals surface area contributed by atoms with Crippen LogP contribution in [-0.2, 0) is 15.0 Å². The van der Waals surface area contributed by atoms with E-state index in [9.17, 15) is 0 Å². The van der Waals surface area contributed by atoms with Crippen LogP contribution in [0.1, 0.15) is 30.7 Å². The van der Waals surface area contributed by atoms with Crippen molar-refractivity contribution in [3.8, 4) is 0 Å². The molecule has 3 N–H and O–H groups in total. The summed E-state index contributed by atoms with van der Waals surface area (Å²) < 4.78 is 11.4. The summed E-state index contributed by atoms with van der Waals surface area (Å²) in [5.41, 5.74) is 9.68. The topological polar surface area (TPSA) is 72.1 Å². The predicted molar refractivity (Wildman–Crippen MR) is 132 cm³/mol. The van der Waals surface area contributed by atoms with Crippen molar-refractivity contribution in [2.24, 2.45) is 10.7 Å². The largest absolute Gasteiger partial charge is 0.378 e. The van der Waals surface area contributed by atoms with Gasteiger partial charge >= 0.3 is 0 Å². The molecule has 3 rings (SSSR count). The Morgan fingerprint density at radius 1 is 1.26 bits per heavy atom. The van der Waals surface area contributed by atoms with Crippen molar-refractivity contribution in [3.05, 3.63) is 59.7 Å². The first-order valence-corrected chi connectivity index (χ1v) is 11.8. The Morgan fingerprint density at radius 3 is 2.74 bits per heavy atom. The lowest BCUT2D eigenvalue weighted by Gasteiger charge is -2.32. The van der Waals surface area contributed by atoms with Crippen molar-refractivity contribution >= 4 is 29.9 Å². The highest BCUT2D eigenvalue weighted by atomic mass is 32.2. The summed E-state index contributed by atoms with van der Waals surface area (Å²) in [6.45, 7) is 9.25. The minimum Gasteiger partial charge on any atom is -0.378 e. The van der Waals surface area contributed by atoms with Crippen LogP contribution in [0.3, 0.4) is 0 Å². The number of hydrogen-bond acceptors (Lipinski definition) is 7. The average molecular weight is 443 g/mol. The minimum absolute atomic E-state index is 0.283. The van der Waals surface area contributed by atoms with Gasteiger partial charge in [0.2, 0.25) is 0 Å². The average Bonchev–Trinajstić information content (AvgIpc) is 2.83. The van der Waals surface area contributed by atoms with E-state index in [2.05, 4.69) is 71.3 Å². The maximum Gasteiger partial charge on any atom is 0.153 e. The van der Waals surface area contributed by atoms with Crippen molar-refractivity contribution < 1.29 is 9.47 Å². The third-order valence-corrected chi connectivity index (χ3v) is 6.52. The number of nitrogens with two attached hydrogens (primary N) is 1. The Kier molecular flexibility index (Phi) is 8.78. The Bertz CT molecular complexity index is 844. The van der Waals surface area contributed by atoms with Crippen LogP contribution in [0.5, 0.6) is 0 Å². The number of para-hydroxylation sites is 2. The lowest BCUT2D eigenvalue weighted by Crippen LogP contribution is -2.36. The highest BCUT2D eigenvalue weighted by Gasteiger charge is 2.26. The van der Waals surface area contributed by atoms with E-state index in [4.69, 9.17) is 15.2 Å². The number of methoxy groups -OCH3 is 1. The van der Waals surface area contributed by atoms with Gasteiger partial charge in [0, 0.05) is 31.6 Å². The fourth-order valence-electron chi connectivity index (χ4n) is 3.80. The molecule has 168 valence electrons. The number of morpholine rings is 1. The van der Waals surface area contributed by atoms with Crippen LogP contribution in [-0.4, -0.2) is 51.8 Å². The third kappa shape index (κ3) is 6.01. The lowest BCUT2D eigenvalue weighted by atomic mass is 9.89. The van der Waals surface area contributed by atoms with Gasteiger partial charge < -0.3 is 25.4 Å². The molecule has 0 spiro atoms. The molecule has 0 bridgehead atoms. The van der Waals surface area contributed by atoms with Crippen LogP contribution in [0.25, 0.3) is 0 Å². The summed E-state index contributed by atoms with van der Waals surface area (Å²) in [6, 6.07) is 16.8. The summed E-state index contributed by atoms with van der Waals surface area (Å²) in [5.74, 6) is 1.56. The molecule has 2 aromatic rings. The van der Waals surface area contributed by atoms with Gasteiger partial charge in [0.05, 0.1) is 30.1 Å². The van der Waals surface area contributed by atoms with E-state index in [0.717, 1.165) is 55.3 Å². The molecular formula is C24H34N4O2S. The van der Waals surface area contributed by atoms with Crippen molar-refractivity contribution in [2.75, 3.05) is 55.3 Å². The molecule has 0 saturated carbocycles. The third-order valence-electron chi connectivity index (χ3n) is 5.79. The summed E-state index contributed by atoms with van der Waals surface area (Å²) in [7, 11) is 1.73. The van der Waals surface area contributed by atoms with Crippen LogP contribution in [0.4, 0.5) is 11.4 Å². The van der Waals surface area contributed by atoms with E-state index in [0.29, 0.717) is 5.88 Å². The molecule has 1 saturated heterocycles. The second kappa shape index (κ2) is 11.5. The van der Waals surface area contributed by atoms with Gasteiger partial charge in [-0.3, -0.25) is 4.99 Å². The smallest absolute Gasteiger partial charge is 0.153 e. The highest BCUT2D eigenvalue weighted by Crippen LogP contribution is 2.34. The van der Waals surface area contributed by atoms with Gasteiger partial charge in [0.25, 0.3) is 0 Å². The van der Waals surface area contributed by atoms with E-state index in [1.54, 1.807) is 18.9 Å². The quantitative estimate of drug-likeness (QED) is 0.308. The van der Waals surface area contributed by atoms with Crippen molar-refractivity contribution in [1.29, 1.82) is 0 Å². The van der Waals surface area contributed by atoms with Crippen LogP contribution >= 0.6 is 11.8 Å².